The number of nitrogens with one attached hydrogen (secondary N) is 2. The van der Waals surface area contributed by atoms with E-state index in [0.29, 0.717) is 5.69 Å². The highest BCUT2D eigenvalue weighted by Crippen LogP contribution is 2.16. The summed E-state index contributed by atoms with van der Waals surface area (Å²) in [7, 11) is 0. The molecule has 2 aromatic heterocycles. The molecule has 3 rings (SSSR count). The second-order valence-electron chi connectivity index (χ2n) is 5.88. The van der Waals surface area contributed by atoms with Crippen LogP contribution in [0, 0.1) is 23.0 Å². The van der Waals surface area contributed by atoms with Crippen LogP contribution in [0.25, 0.3) is 10.9 Å². The number of amides is 1. The Bertz CT molecular complexity index is 1120. The molecule has 136 valence electrons. The standard InChI is InChI=1S/C18H13F2N5O2/c1-9(16-8-22-12(6-21)7-23-16)24-17(26)4-11-2-10-3-13(19)14(20)5-15(10)25-18(11)27/h2-3,5,7-9H,4H2,1H3,(H,24,26)(H,25,27). The monoisotopic (exact) mass is 369 g/mol. The van der Waals surface area contributed by atoms with Crippen molar-refractivity contribution in [3.05, 3.63) is 69.5 Å². The first-order chi connectivity index (χ1) is 12.9. The fourth-order valence-electron chi connectivity index (χ4n) is 2.54. The number of aromatic amines is 1. The van der Waals surface area contributed by atoms with Crippen molar-refractivity contribution < 1.29 is 13.6 Å². The van der Waals surface area contributed by atoms with Crippen molar-refractivity contribution in [1.29, 1.82) is 5.26 Å². The van der Waals surface area contributed by atoms with E-state index in [0.717, 1.165) is 12.1 Å². The number of rotatable bonds is 4. The maximum Gasteiger partial charge on any atom is 0.252 e. The van der Waals surface area contributed by atoms with Gasteiger partial charge >= 0.3 is 0 Å². The zero-order valence-electron chi connectivity index (χ0n) is 14.1. The Morgan fingerprint density at radius 1 is 1.26 bits per heavy atom. The predicted octanol–water partition coefficient (Wildman–Crippen LogP) is 1.89. The number of nitrogens with zero attached hydrogens (tertiary/aromatic N) is 3. The molecule has 0 saturated carbocycles. The molecule has 1 aromatic carbocycles. The summed E-state index contributed by atoms with van der Waals surface area (Å²) < 4.78 is 26.6. The number of benzene rings is 1. The largest absolute Gasteiger partial charge is 0.348 e. The summed E-state index contributed by atoms with van der Waals surface area (Å²) in [6.45, 7) is 1.68. The zero-order chi connectivity index (χ0) is 19.6. The molecule has 0 bridgehead atoms. The van der Waals surface area contributed by atoms with Gasteiger partial charge in [0, 0.05) is 17.0 Å². The van der Waals surface area contributed by atoms with Crippen molar-refractivity contribution in [1.82, 2.24) is 20.3 Å². The van der Waals surface area contributed by atoms with Crippen LogP contribution in [0.2, 0.25) is 0 Å². The van der Waals surface area contributed by atoms with Gasteiger partial charge in [0.05, 0.1) is 36.1 Å². The summed E-state index contributed by atoms with van der Waals surface area (Å²) in [4.78, 5) is 34.7. The number of aromatic nitrogens is 3. The third-order valence-electron chi connectivity index (χ3n) is 3.92. The highest BCUT2D eigenvalue weighted by Gasteiger charge is 2.15. The Kier molecular flexibility index (Phi) is 4.90. The minimum absolute atomic E-state index is 0.115. The van der Waals surface area contributed by atoms with E-state index in [1.165, 1.54) is 18.5 Å². The molecule has 2 heterocycles. The highest BCUT2D eigenvalue weighted by atomic mass is 19.2. The number of H-pyrrole nitrogens is 1. The van der Waals surface area contributed by atoms with E-state index >= 15 is 0 Å². The van der Waals surface area contributed by atoms with Gasteiger partial charge < -0.3 is 10.3 Å². The SMILES string of the molecule is CC(NC(=O)Cc1cc2cc(F)c(F)cc2[nH]c1=O)c1cnc(C#N)cn1. The van der Waals surface area contributed by atoms with Crippen molar-refractivity contribution in [3.8, 4) is 6.07 Å². The van der Waals surface area contributed by atoms with E-state index < -0.39 is 29.1 Å². The number of carbonyl (C=O) groups excluding carboxylic acids is 1. The van der Waals surface area contributed by atoms with Crippen molar-refractivity contribution in [2.24, 2.45) is 0 Å². The van der Waals surface area contributed by atoms with E-state index in [-0.39, 0.29) is 28.6 Å². The first-order valence-electron chi connectivity index (χ1n) is 7.89. The molecule has 9 heteroatoms. The van der Waals surface area contributed by atoms with Crippen LogP contribution < -0.4 is 10.9 Å². The summed E-state index contributed by atoms with van der Waals surface area (Å²) in [5.41, 5.74) is 0.304. The van der Waals surface area contributed by atoms with E-state index in [1.807, 2.05) is 6.07 Å². The van der Waals surface area contributed by atoms with Crippen molar-refractivity contribution in [3.63, 3.8) is 0 Å². The van der Waals surface area contributed by atoms with Gasteiger partial charge in [0.15, 0.2) is 17.3 Å². The van der Waals surface area contributed by atoms with Crippen LogP contribution in [-0.4, -0.2) is 20.9 Å². The Morgan fingerprint density at radius 3 is 2.67 bits per heavy atom. The van der Waals surface area contributed by atoms with Crippen LogP contribution in [0.3, 0.4) is 0 Å². The highest BCUT2D eigenvalue weighted by molar-refractivity contribution is 5.83. The van der Waals surface area contributed by atoms with E-state index in [1.54, 1.807) is 6.92 Å². The van der Waals surface area contributed by atoms with Crippen LogP contribution in [0.15, 0.2) is 35.4 Å². The second-order valence-corrected chi connectivity index (χ2v) is 5.88. The average Bonchev–Trinajstić information content (AvgIpc) is 2.64. The smallest absolute Gasteiger partial charge is 0.252 e. The summed E-state index contributed by atoms with van der Waals surface area (Å²) >= 11 is 0. The second kappa shape index (κ2) is 7.29. The van der Waals surface area contributed by atoms with Crippen molar-refractivity contribution in [2.45, 2.75) is 19.4 Å². The molecule has 0 aliphatic heterocycles. The molecule has 1 unspecified atom stereocenters. The molecule has 0 fully saturated rings. The molecule has 2 N–H and O–H groups in total. The number of halogens is 2. The van der Waals surface area contributed by atoms with Crippen LogP contribution in [0.5, 0.6) is 0 Å². The van der Waals surface area contributed by atoms with Crippen LogP contribution in [0.1, 0.15) is 29.9 Å². The molecule has 3 aromatic rings. The van der Waals surface area contributed by atoms with Crippen molar-refractivity contribution >= 4 is 16.8 Å². The number of pyridine rings is 1. The lowest BCUT2D eigenvalue weighted by molar-refractivity contribution is -0.121. The number of hydrogen-bond acceptors (Lipinski definition) is 5. The zero-order valence-corrected chi connectivity index (χ0v) is 14.1. The molecular formula is C18H13F2N5O2. The van der Waals surface area contributed by atoms with Gasteiger partial charge in [-0.05, 0) is 19.1 Å². The molecule has 0 saturated heterocycles. The molecule has 0 radical (unpaired) electrons. The normalized spacial score (nSPS) is 11.8. The number of fused-ring (bicyclic) bond motifs is 1. The summed E-state index contributed by atoms with van der Waals surface area (Å²) in [5, 5.41) is 11.7. The topological polar surface area (TPSA) is 112 Å². The summed E-state index contributed by atoms with van der Waals surface area (Å²) in [6, 6.07) is 4.54. The Balaban J connectivity index is 1.77. The van der Waals surface area contributed by atoms with Gasteiger partial charge in [-0.3, -0.25) is 14.6 Å². The van der Waals surface area contributed by atoms with Crippen LogP contribution in [0.4, 0.5) is 8.78 Å². The third kappa shape index (κ3) is 3.95. The quantitative estimate of drug-likeness (QED) is 0.729. The molecule has 0 aliphatic carbocycles. The molecule has 1 atom stereocenters. The Hall–Kier alpha value is -3.67. The Morgan fingerprint density at radius 2 is 2.00 bits per heavy atom. The molecule has 7 nitrogen and oxygen atoms in total. The molecule has 27 heavy (non-hydrogen) atoms. The van der Waals surface area contributed by atoms with Crippen LogP contribution >= 0.6 is 0 Å². The fourth-order valence-corrected chi connectivity index (χ4v) is 2.54. The van der Waals surface area contributed by atoms with Gasteiger partial charge in [-0.15, -0.1) is 0 Å². The number of hydrogen-bond donors (Lipinski definition) is 2. The Labute approximate surface area is 151 Å². The van der Waals surface area contributed by atoms with E-state index in [4.69, 9.17) is 5.26 Å². The predicted molar refractivity (Wildman–Crippen MR) is 91.5 cm³/mol. The van der Waals surface area contributed by atoms with Crippen LogP contribution in [-0.2, 0) is 11.2 Å². The summed E-state index contributed by atoms with van der Waals surface area (Å²) in [5.74, 6) is -2.57. The maximum atomic E-state index is 13.4. The number of carbonyl (C=O) groups is 1. The lowest BCUT2D eigenvalue weighted by Gasteiger charge is -2.13. The minimum Gasteiger partial charge on any atom is -0.348 e. The number of nitriles is 1. The molecule has 1 amide bonds. The fraction of sp³-hybridized carbons (Fsp3) is 0.167. The molecular weight excluding hydrogens is 356 g/mol. The molecule has 0 aliphatic rings. The molecule has 0 spiro atoms. The minimum atomic E-state index is -1.07. The average molecular weight is 369 g/mol. The van der Waals surface area contributed by atoms with E-state index in [9.17, 15) is 18.4 Å². The third-order valence-corrected chi connectivity index (χ3v) is 3.92. The first kappa shape index (κ1) is 18.1. The van der Waals surface area contributed by atoms with Gasteiger partial charge in [-0.2, -0.15) is 5.26 Å². The maximum absolute atomic E-state index is 13.4. The van der Waals surface area contributed by atoms with Gasteiger partial charge in [0.2, 0.25) is 5.91 Å². The van der Waals surface area contributed by atoms with Gasteiger partial charge in [0.1, 0.15) is 6.07 Å². The lowest BCUT2D eigenvalue weighted by atomic mass is 10.1. The van der Waals surface area contributed by atoms with Gasteiger partial charge in [0.25, 0.3) is 5.56 Å². The first-order valence-corrected chi connectivity index (χ1v) is 7.89. The lowest BCUT2D eigenvalue weighted by Crippen LogP contribution is -2.30. The summed E-state index contributed by atoms with van der Waals surface area (Å²) in [6.07, 6.45) is 2.42. The van der Waals surface area contributed by atoms with Crippen molar-refractivity contribution in [2.75, 3.05) is 0 Å². The van der Waals surface area contributed by atoms with E-state index in [2.05, 4.69) is 20.3 Å². The van der Waals surface area contributed by atoms with Gasteiger partial charge in [-0.25, -0.2) is 13.8 Å². The van der Waals surface area contributed by atoms with Gasteiger partial charge in [-0.1, -0.05) is 0 Å².